The maximum atomic E-state index is 2.71. The van der Waals surface area contributed by atoms with Crippen LogP contribution in [0.2, 0.25) is 0 Å². The van der Waals surface area contributed by atoms with Gasteiger partial charge in [-0.05, 0) is 134 Å². The lowest BCUT2D eigenvalue weighted by Gasteiger charge is -2.46. The molecule has 0 amide bonds. The summed E-state index contributed by atoms with van der Waals surface area (Å²) in [7, 11) is 0. The summed E-state index contributed by atoms with van der Waals surface area (Å²) in [6.45, 7) is 6.83. The molecule has 0 unspecified atom stereocenters. The summed E-state index contributed by atoms with van der Waals surface area (Å²) in [6, 6.07) is 83.1. The van der Waals surface area contributed by atoms with E-state index in [1.165, 1.54) is 150 Å². The number of hydrogen-bond acceptors (Lipinski definition) is 5. The fraction of sp³-hybridized carbons (Fsp3) is 0.0588. The van der Waals surface area contributed by atoms with E-state index in [1.807, 2.05) is 34.0 Å². The van der Waals surface area contributed by atoms with Crippen molar-refractivity contribution in [1.82, 2.24) is 0 Å². The molecule has 5 heterocycles. The lowest BCUT2D eigenvalue weighted by Crippen LogP contribution is -2.61. The molecule has 0 spiro atoms. The summed E-state index contributed by atoms with van der Waals surface area (Å²) in [5.74, 6) is 0. The van der Waals surface area contributed by atoms with Gasteiger partial charge in [0.15, 0.2) is 0 Å². The molecule has 0 saturated carbocycles. The summed E-state index contributed by atoms with van der Waals surface area (Å²) in [5, 5.41) is 10.3. The highest BCUT2D eigenvalue weighted by atomic mass is 32.1. The van der Waals surface area contributed by atoms with E-state index in [4.69, 9.17) is 0 Å². The summed E-state index contributed by atoms with van der Waals surface area (Å²) in [5.41, 5.74) is 17.4. The minimum absolute atomic E-state index is 0.0552. The van der Waals surface area contributed by atoms with Crippen molar-refractivity contribution >= 4 is 152 Å². The first kappa shape index (κ1) is 42.5. The van der Waals surface area contributed by atoms with Crippen LogP contribution in [-0.2, 0) is 5.41 Å². The Labute approximate surface area is 441 Å². The maximum Gasteiger partial charge on any atom is 0.333 e. The number of fused-ring (bicyclic) bond motifs is 15. The molecule has 0 saturated heterocycles. The van der Waals surface area contributed by atoms with Crippen molar-refractivity contribution in [3.05, 3.63) is 224 Å². The first-order valence-electron chi connectivity index (χ1n) is 25.6. The van der Waals surface area contributed by atoms with E-state index < -0.39 is 0 Å². The summed E-state index contributed by atoms with van der Waals surface area (Å²) in [4.78, 5) is 5.42. The molecule has 74 heavy (non-hydrogen) atoms. The molecule has 2 nitrogen and oxygen atoms in total. The van der Waals surface area contributed by atoms with Gasteiger partial charge in [0.25, 0.3) is 0 Å². The quantitative estimate of drug-likeness (QED) is 0.162. The Bertz CT molecular complexity index is 4660. The molecule has 0 atom stereocenters. The number of nitrogens with zero attached hydrogens (tertiary/aromatic N) is 2. The number of thiophene rings is 3. The average molecular weight is 997 g/mol. The second-order valence-electron chi connectivity index (χ2n) is 21.2. The molecular formula is C68H45BN2S3. The second kappa shape index (κ2) is 15.8. The first-order valence-corrected chi connectivity index (χ1v) is 28.0. The van der Waals surface area contributed by atoms with Gasteiger partial charge in [-0.15, -0.1) is 34.0 Å². The predicted octanol–water partition coefficient (Wildman–Crippen LogP) is 19.3. The Morgan fingerprint density at radius 3 is 1.72 bits per heavy atom. The van der Waals surface area contributed by atoms with Crippen LogP contribution in [0.25, 0.3) is 105 Å². The molecule has 2 aliphatic heterocycles. The van der Waals surface area contributed by atoms with Gasteiger partial charge >= 0.3 is 6.85 Å². The van der Waals surface area contributed by atoms with Gasteiger partial charge in [0.05, 0.1) is 16.1 Å². The van der Waals surface area contributed by atoms with Crippen LogP contribution in [0, 0.1) is 0 Å². The number of hydrogen-bond donors (Lipinski definition) is 0. The van der Waals surface area contributed by atoms with Crippen LogP contribution in [-0.4, -0.2) is 6.85 Å². The SMILES string of the molecule is CC(C)(C)c1ccc(N2c3cc4c(cc3B3c5c(cc6c(sc7ccccc76)c52)-c2cc5sc6ccccc6c5cc2N3c2ccc(-c3ccccc3)cc2)sc2cc3ccccc3cc24)c(-c2ccccc2)c1. The van der Waals surface area contributed by atoms with Crippen molar-refractivity contribution < 1.29 is 0 Å². The van der Waals surface area contributed by atoms with Crippen molar-refractivity contribution in [2.75, 3.05) is 9.71 Å². The molecule has 0 N–H and O–H groups in total. The fourth-order valence-electron chi connectivity index (χ4n) is 12.4. The minimum atomic E-state index is -0.166. The number of benzene rings is 11. The van der Waals surface area contributed by atoms with Gasteiger partial charge < -0.3 is 9.71 Å². The van der Waals surface area contributed by atoms with Gasteiger partial charge in [-0.2, -0.15) is 0 Å². The number of anilines is 5. The smallest absolute Gasteiger partial charge is 0.333 e. The van der Waals surface area contributed by atoms with Gasteiger partial charge in [-0.1, -0.05) is 160 Å². The van der Waals surface area contributed by atoms with Gasteiger partial charge in [0.1, 0.15) is 0 Å². The Hall–Kier alpha value is -8.00. The molecular weight excluding hydrogens is 952 g/mol. The summed E-state index contributed by atoms with van der Waals surface area (Å²) >= 11 is 5.77. The van der Waals surface area contributed by atoms with E-state index in [2.05, 4.69) is 249 Å². The Kier molecular flexibility index (Phi) is 9.05. The molecule has 3 aromatic heterocycles. The van der Waals surface area contributed by atoms with E-state index in [9.17, 15) is 0 Å². The lowest BCUT2D eigenvalue weighted by molar-refractivity contribution is 0.590. The molecule has 2 aliphatic rings. The van der Waals surface area contributed by atoms with E-state index in [0.717, 1.165) is 0 Å². The van der Waals surface area contributed by atoms with E-state index in [-0.39, 0.29) is 12.3 Å². The lowest BCUT2D eigenvalue weighted by atomic mass is 9.43. The Balaban J connectivity index is 1.09. The molecule has 16 rings (SSSR count). The second-order valence-corrected chi connectivity index (χ2v) is 24.4. The molecule has 11 aromatic carbocycles. The third-order valence-electron chi connectivity index (χ3n) is 15.9. The maximum absolute atomic E-state index is 2.71. The first-order chi connectivity index (χ1) is 36.3. The topological polar surface area (TPSA) is 6.48 Å². The summed E-state index contributed by atoms with van der Waals surface area (Å²) < 4.78 is 7.85. The molecule has 0 radical (unpaired) electrons. The van der Waals surface area contributed by atoms with Crippen molar-refractivity contribution in [2.24, 2.45) is 0 Å². The van der Waals surface area contributed by atoms with Crippen molar-refractivity contribution in [3.63, 3.8) is 0 Å². The van der Waals surface area contributed by atoms with Crippen LogP contribution in [0.5, 0.6) is 0 Å². The third-order valence-corrected chi connectivity index (χ3v) is 19.4. The summed E-state index contributed by atoms with van der Waals surface area (Å²) in [6.07, 6.45) is 0. The van der Waals surface area contributed by atoms with Gasteiger partial charge in [-0.3, -0.25) is 0 Å². The molecule has 6 heteroatoms. The van der Waals surface area contributed by atoms with Crippen molar-refractivity contribution in [1.29, 1.82) is 0 Å². The van der Waals surface area contributed by atoms with Gasteiger partial charge in [0.2, 0.25) is 0 Å². The van der Waals surface area contributed by atoms with Crippen molar-refractivity contribution in [3.8, 4) is 33.4 Å². The molecule has 348 valence electrons. The van der Waals surface area contributed by atoms with Crippen LogP contribution in [0.15, 0.2) is 218 Å². The third kappa shape index (κ3) is 6.23. The standard InChI is InChI=1S/C68H45BN2S3/c1-68(2,3)45-28-31-57(49(34-45)42-18-8-5-9-19-42)70-59-37-53-51-32-43-20-10-11-21-44(43)33-62(51)73-64(53)39-56(59)69-65-54(35-55-48-23-13-15-25-61(48)74-67(55)66(65)70)50-38-63-52(47-22-12-14-24-60(47)72-63)36-58(50)71(69)46-29-26-41(27-30-46)40-16-6-4-7-17-40/h4-39H,1-3H3. The average Bonchev–Trinajstić information content (AvgIpc) is 4.23. The largest absolute Gasteiger partial charge is 0.376 e. The normalized spacial score (nSPS) is 13.3. The minimum Gasteiger partial charge on any atom is -0.376 e. The van der Waals surface area contributed by atoms with E-state index in [0.29, 0.717) is 0 Å². The number of rotatable bonds is 4. The van der Waals surface area contributed by atoms with Gasteiger partial charge in [-0.25, -0.2) is 0 Å². The monoisotopic (exact) mass is 996 g/mol. The highest BCUT2D eigenvalue weighted by Gasteiger charge is 2.47. The van der Waals surface area contributed by atoms with Crippen LogP contribution < -0.4 is 20.6 Å². The van der Waals surface area contributed by atoms with E-state index in [1.54, 1.807) is 0 Å². The zero-order valence-corrected chi connectivity index (χ0v) is 43.4. The Morgan fingerprint density at radius 2 is 0.959 bits per heavy atom. The molecule has 0 aliphatic carbocycles. The predicted molar refractivity (Wildman–Crippen MR) is 326 cm³/mol. The van der Waals surface area contributed by atoms with Crippen LogP contribution in [0.3, 0.4) is 0 Å². The van der Waals surface area contributed by atoms with Crippen LogP contribution in [0.4, 0.5) is 28.4 Å². The zero-order chi connectivity index (χ0) is 49.0. The van der Waals surface area contributed by atoms with Gasteiger partial charge in [0, 0.05) is 84.0 Å². The van der Waals surface area contributed by atoms with E-state index >= 15 is 0 Å². The molecule has 14 aromatic rings. The van der Waals surface area contributed by atoms with Crippen LogP contribution in [0.1, 0.15) is 26.3 Å². The highest BCUT2D eigenvalue weighted by Crippen LogP contribution is 2.55. The Morgan fingerprint density at radius 1 is 0.378 bits per heavy atom. The zero-order valence-electron chi connectivity index (χ0n) is 41.0. The highest BCUT2D eigenvalue weighted by molar-refractivity contribution is 7.27. The fourth-order valence-corrected chi connectivity index (χ4v) is 15.9. The van der Waals surface area contributed by atoms with Crippen molar-refractivity contribution in [2.45, 2.75) is 26.2 Å². The molecule has 0 bridgehead atoms. The van der Waals surface area contributed by atoms with Crippen LogP contribution >= 0.6 is 34.0 Å². The molecule has 0 fully saturated rings.